The summed E-state index contributed by atoms with van der Waals surface area (Å²) in [7, 11) is 0. The maximum atomic E-state index is 11.4. The maximum Gasteiger partial charge on any atom is 0.335 e. The predicted molar refractivity (Wildman–Crippen MR) is 118 cm³/mol. The molecule has 1 aromatic heterocycles. The third kappa shape index (κ3) is 5.46. The normalized spacial score (nSPS) is 15.6. The van der Waals surface area contributed by atoms with Gasteiger partial charge in [0.25, 0.3) is 0 Å². The van der Waals surface area contributed by atoms with Crippen LogP contribution in [0.3, 0.4) is 0 Å². The number of fused-ring (bicyclic) bond motifs is 3. The Morgan fingerprint density at radius 2 is 2.03 bits per heavy atom. The molecule has 0 atom stereocenters. The average molecular weight is 423 g/mol. The first-order valence-corrected chi connectivity index (χ1v) is 11.2. The molecule has 2 bridgehead atoms. The summed E-state index contributed by atoms with van der Waals surface area (Å²) < 4.78 is 6.04. The molecule has 0 amide bonds. The number of benzene rings is 2. The number of aromatic carboxylic acids is 1. The van der Waals surface area contributed by atoms with Crippen LogP contribution in [0.15, 0.2) is 54.0 Å². The van der Waals surface area contributed by atoms with E-state index in [1.807, 2.05) is 11.6 Å². The number of carbonyl (C=O) groups is 1. The highest BCUT2D eigenvalue weighted by atomic mass is 32.1. The van der Waals surface area contributed by atoms with E-state index in [1.54, 1.807) is 29.5 Å². The highest BCUT2D eigenvalue weighted by Gasteiger charge is 2.13. The Bertz CT molecular complexity index is 988. The van der Waals surface area contributed by atoms with Crippen LogP contribution in [0, 0.1) is 0 Å². The maximum absolute atomic E-state index is 11.4. The number of rotatable bonds is 3. The SMILES string of the molecule is O=C(O)c1ccc2c(c1)Cc1cccc(c1)CN(Cc1nccs1)CCCCCO2. The van der Waals surface area contributed by atoms with Crippen molar-refractivity contribution < 1.29 is 14.6 Å². The number of nitrogens with zero attached hydrogens (tertiary/aromatic N) is 2. The zero-order valence-electron chi connectivity index (χ0n) is 16.9. The average Bonchev–Trinajstić information content (AvgIpc) is 3.24. The summed E-state index contributed by atoms with van der Waals surface area (Å²) in [5.41, 5.74) is 3.64. The van der Waals surface area contributed by atoms with Gasteiger partial charge >= 0.3 is 5.97 Å². The van der Waals surface area contributed by atoms with Crippen molar-refractivity contribution in [2.24, 2.45) is 0 Å². The first kappa shape index (κ1) is 20.6. The largest absolute Gasteiger partial charge is 0.493 e. The fourth-order valence-electron chi connectivity index (χ4n) is 3.84. The van der Waals surface area contributed by atoms with Gasteiger partial charge in [0.15, 0.2) is 0 Å². The summed E-state index contributed by atoms with van der Waals surface area (Å²) in [6.07, 6.45) is 5.70. The summed E-state index contributed by atoms with van der Waals surface area (Å²) in [4.78, 5) is 18.4. The minimum Gasteiger partial charge on any atom is -0.493 e. The molecule has 2 aromatic carbocycles. The lowest BCUT2D eigenvalue weighted by Crippen LogP contribution is -2.24. The highest BCUT2D eigenvalue weighted by Crippen LogP contribution is 2.25. The molecule has 6 heteroatoms. The Labute approximate surface area is 181 Å². The standard InChI is InChI=1S/C24H26N2O3S/c27-24(28)20-7-8-22-21(15-20)14-18-5-4-6-19(13-18)16-26(10-2-1-3-11-29-22)17-23-25-9-12-30-23/h4-9,12-13,15H,1-3,10-11,14,16-17H2,(H,27,28). The minimum atomic E-state index is -0.913. The van der Waals surface area contributed by atoms with E-state index in [-0.39, 0.29) is 0 Å². The third-order valence-electron chi connectivity index (χ3n) is 5.32. The zero-order valence-corrected chi connectivity index (χ0v) is 17.7. The van der Waals surface area contributed by atoms with Gasteiger partial charge in [0, 0.05) is 24.5 Å². The molecule has 0 spiro atoms. The third-order valence-corrected chi connectivity index (χ3v) is 6.08. The predicted octanol–water partition coefficient (Wildman–Crippen LogP) is 5.00. The Morgan fingerprint density at radius 1 is 1.13 bits per heavy atom. The Kier molecular flexibility index (Phi) is 6.77. The molecular formula is C24H26N2O3S. The van der Waals surface area contributed by atoms with Crippen molar-refractivity contribution in [1.29, 1.82) is 0 Å². The molecular weight excluding hydrogens is 396 g/mol. The molecule has 1 aliphatic heterocycles. The highest BCUT2D eigenvalue weighted by molar-refractivity contribution is 7.09. The van der Waals surface area contributed by atoms with E-state index in [0.29, 0.717) is 18.6 Å². The second-order valence-corrected chi connectivity index (χ2v) is 8.65. The van der Waals surface area contributed by atoms with Crippen LogP contribution in [0.2, 0.25) is 0 Å². The molecule has 3 aromatic rings. The molecule has 156 valence electrons. The van der Waals surface area contributed by atoms with E-state index < -0.39 is 5.97 Å². The molecule has 0 saturated carbocycles. The molecule has 5 nitrogen and oxygen atoms in total. The lowest BCUT2D eigenvalue weighted by Gasteiger charge is -2.22. The van der Waals surface area contributed by atoms with Crippen LogP contribution in [0.4, 0.5) is 0 Å². The van der Waals surface area contributed by atoms with E-state index in [1.165, 1.54) is 5.56 Å². The zero-order chi connectivity index (χ0) is 20.8. The molecule has 1 aliphatic rings. The van der Waals surface area contributed by atoms with Gasteiger partial charge in [-0.1, -0.05) is 24.3 Å². The van der Waals surface area contributed by atoms with Gasteiger partial charge in [0.2, 0.25) is 0 Å². The quantitative estimate of drug-likeness (QED) is 0.644. The van der Waals surface area contributed by atoms with Crippen LogP contribution in [0.25, 0.3) is 0 Å². The van der Waals surface area contributed by atoms with E-state index in [2.05, 4.69) is 34.1 Å². The monoisotopic (exact) mass is 422 g/mol. The second-order valence-electron chi connectivity index (χ2n) is 7.67. The minimum absolute atomic E-state index is 0.296. The summed E-state index contributed by atoms with van der Waals surface area (Å²) >= 11 is 1.70. The van der Waals surface area contributed by atoms with Crippen molar-refractivity contribution in [2.75, 3.05) is 13.2 Å². The van der Waals surface area contributed by atoms with Crippen molar-refractivity contribution in [3.63, 3.8) is 0 Å². The molecule has 0 fully saturated rings. The van der Waals surface area contributed by atoms with Crippen LogP contribution in [-0.4, -0.2) is 34.1 Å². The van der Waals surface area contributed by atoms with Gasteiger partial charge < -0.3 is 9.84 Å². The summed E-state index contributed by atoms with van der Waals surface area (Å²) in [5, 5.41) is 12.6. The van der Waals surface area contributed by atoms with Gasteiger partial charge in [-0.25, -0.2) is 9.78 Å². The van der Waals surface area contributed by atoms with Crippen molar-refractivity contribution in [2.45, 2.75) is 38.8 Å². The number of carboxylic acid groups (broad SMARTS) is 1. The van der Waals surface area contributed by atoms with Crippen molar-refractivity contribution >= 4 is 17.3 Å². The number of thiazole rings is 1. The van der Waals surface area contributed by atoms with Gasteiger partial charge in [-0.05, 0) is 60.7 Å². The van der Waals surface area contributed by atoms with Gasteiger partial charge in [0.1, 0.15) is 10.8 Å². The van der Waals surface area contributed by atoms with Gasteiger partial charge in [-0.3, -0.25) is 4.90 Å². The van der Waals surface area contributed by atoms with Crippen LogP contribution < -0.4 is 4.74 Å². The number of aromatic nitrogens is 1. The van der Waals surface area contributed by atoms with E-state index >= 15 is 0 Å². The molecule has 0 aliphatic carbocycles. The van der Waals surface area contributed by atoms with Crippen molar-refractivity contribution in [3.05, 3.63) is 81.3 Å². The van der Waals surface area contributed by atoms with Crippen LogP contribution >= 0.6 is 11.3 Å². The first-order valence-electron chi connectivity index (χ1n) is 10.3. The fraction of sp³-hybridized carbons (Fsp3) is 0.333. The molecule has 30 heavy (non-hydrogen) atoms. The fourth-order valence-corrected chi connectivity index (χ4v) is 4.50. The number of hydrogen-bond donors (Lipinski definition) is 1. The Morgan fingerprint density at radius 3 is 2.87 bits per heavy atom. The van der Waals surface area contributed by atoms with E-state index in [0.717, 1.165) is 60.8 Å². The lowest BCUT2D eigenvalue weighted by atomic mass is 9.99. The van der Waals surface area contributed by atoms with Crippen molar-refractivity contribution in [3.8, 4) is 5.75 Å². The van der Waals surface area contributed by atoms with E-state index in [4.69, 9.17) is 4.74 Å². The smallest absolute Gasteiger partial charge is 0.335 e. The number of hydrogen-bond acceptors (Lipinski definition) is 5. The Hall–Kier alpha value is -2.70. The van der Waals surface area contributed by atoms with Gasteiger partial charge in [-0.2, -0.15) is 0 Å². The first-order chi connectivity index (χ1) is 14.7. The molecule has 0 saturated heterocycles. The lowest BCUT2D eigenvalue weighted by molar-refractivity contribution is 0.0696. The topological polar surface area (TPSA) is 62.7 Å². The Balaban J connectivity index is 1.60. The molecule has 1 N–H and O–H groups in total. The van der Waals surface area contributed by atoms with Crippen LogP contribution in [-0.2, 0) is 19.5 Å². The van der Waals surface area contributed by atoms with Crippen LogP contribution in [0.5, 0.6) is 5.75 Å². The number of ether oxygens (including phenoxy) is 1. The van der Waals surface area contributed by atoms with Gasteiger partial charge in [0.05, 0.1) is 18.7 Å². The van der Waals surface area contributed by atoms with Gasteiger partial charge in [-0.15, -0.1) is 11.3 Å². The summed E-state index contributed by atoms with van der Waals surface area (Å²) in [6.45, 7) is 3.42. The second kappa shape index (κ2) is 9.87. The molecule has 4 rings (SSSR count). The van der Waals surface area contributed by atoms with E-state index in [9.17, 15) is 9.90 Å². The summed E-state index contributed by atoms with van der Waals surface area (Å²) in [6, 6.07) is 13.7. The van der Waals surface area contributed by atoms with Crippen molar-refractivity contribution in [1.82, 2.24) is 9.88 Å². The molecule has 0 radical (unpaired) electrons. The molecule has 2 heterocycles. The number of carboxylic acids is 1. The molecule has 0 unspecified atom stereocenters. The summed E-state index contributed by atoms with van der Waals surface area (Å²) in [5.74, 6) is -0.128. The van der Waals surface area contributed by atoms with Crippen LogP contribution in [0.1, 0.15) is 51.3 Å².